The number of imide groups is 1. The van der Waals surface area contributed by atoms with E-state index in [2.05, 4.69) is 29.8 Å². The maximum Gasteiger partial charge on any atom is 0.261 e. The molecule has 4 heteroatoms. The van der Waals surface area contributed by atoms with Gasteiger partial charge in [-0.15, -0.1) is 0 Å². The number of hydrogen-bond donors (Lipinski definition) is 0. The summed E-state index contributed by atoms with van der Waals surface area (Å²) in [5.74, 6) is -0.314. The van der Waals surface area contributed by atoms with E-state index in [1.807, 2.05) is 0 Å². The molecule has 2 rings (SSSR count). The summed E-state index contributed by atoms with van der Waals surface area (Å²) in [5, 5.41) is 0.933. The van der Waals surface area contributed by atoms with Gasteiger partial charge in [0, 0.05) is 11.9 Å². The molecule has 102 valence electrons. The van der Waals surface area contributed by atoms with Crippen molar-refractivity contribution in [1.82, 2.24) is 4.90 Å². The van der Waals surface area contributed by atoms with Gasteiger partial charge in [0.05, 0.1) is 11.1 Å². The van der Waals surface area contributed by atoms with Gasteiger partial charge in [0.25, 0.3) is 11.8 Å². The minimum atomic E-state index is -0.157. The second-order valence-electron chi connectivity index (χ2n) is 5.66. The van der Waals surface area contributed by atoms with Gasteiger partial charge in [0.15, 0.2) is 0 Å². The molecule has 0 fully saturated rings. The Labute approximate surface area is 122 Å². The van der Waals surface area contributed by atoms with Crippen LogP contribution in [0.4, 0.5) is 0 Å². The first-order valence-electron chi connectivity index (χ1n) is 6.47. The second-order valence-corrected chi connectivity index (χ2v) is 6.45. The molecule has 1 aliphatic heterocycles. The van der Waals surface area contributed by atoms with Crippen LogP contribution >= 0.6 is 15.9 Å². The predicted octanol–water partition coefficient (Wildman–Crippen LogP) is 3.48. The summed E-state index contributed by atoms with van der Waals surface area (Å²) < 4.78 is 0. The molecule has 0 atom stereocenters. The largest absolute Gasteiger partial charge is 0.274 e. The molecular formula is C15H18BrNO2. The van der Waals surface area contributed by atoms with Crippen LogP contribution in [0.1, 0.15) is 47.4 Å². The number of benzene rings is 1. The summed E-state index contributed by atoms with van der Waals surface area (Å²) in [4.78, 5) is 25.7. The first-order valence-corrected chi connectivity index (χ1v) is 7.59. The highest BCUT2D eigenvalue weighted by Crippen LogP contribution is 2.29. The molecule has 0 spiro atoms. The van der Waals surface area contributed by atoms with Crippen molar-refractivity contribution < 1.29 is 9.59 Å². The molecule has 0 bridgehead atoms. The molecule has 3 nitrogen and oxygen atoms in total. The van der Waals surface area contributed by atoms with Gasteiger partial charge in [-0.1, -0.05) is 41.9 Å². The third-order valence-corrected chi connectivity index (χ3v) is 4.06. The van der Waals surface area contributed by atoms with Gasteiger partial charge in [0.1, 0.15) is 0 Å². The summed E-state index contributed by atoms with van der Waals surface area (Å²) in [6.07, 6.45) is 1.85. The minimum Gasteiger partial charge on any atom is -0.274 e. The Bertz CT molecular complexity index is 476. The van der Waals surface area contributed by atoms with E-state index in [9.17, 15) is 9.59 Å². The fourth-order valence-electron chi connectivity index (χ4n) is 2.24. The van der Waals surface area contributed by atoms with Crippen LogP contribution in [-0.2, 0) is 0 Å². The van der Waals surface area contributed by atoms with Crippen LogP contribution in [0.25, 0.3) is 0 Å². The van der Waals surface area contributed by atoms with Gasteiger partial charge >= 0.3 is 0 Å². The summed E-state index contributed by atoms with van der Waals surface area (Å²) in [7, 11) is 0. The molecular weight excluding hydrogens is 306 g/mol. The molecule has 2 amide bonds. The highest BCUT2D eigenvalue weighted by Gasteiger charge is 2.35. The Balaban J connectivity index is 2.09. The number of carbonyl (C=O) groups is 2. The SMILES string of the molecule is CC(C)(CCBr)CCN1C(=O)c2ccccc2C1=O. The quantitative estimate of drug-likeness (QED) is 0.614. The van der Waals surface area contributed by atoms with Crippen molar-refractivity contribution in [3.63, 3.8) is 0 Å². The average Bonchev–Trinajstić information content (AvgIpc) is 2.61. The minimum absolute atomic E-state index is 0.124. The number of amides is 2. The lowest BCUT2D eigenvalue weighted by molar-refractivity contribution is 0.0635. The number of halogens is 1. The summed E-state index contributed by atoms with van der Waals surface area (Å²) in [5.41, 5.74) is 1.19. The zero-order chi connectivity index (χ0) is 14.0. The van der Waals surface area contributed by atoms with Crippen molar-refractivity contribution in [1.29, 1.82) is 0 Å². The third kappa shape index (κ3) is 2.89. The van der Waals surface area contributed by atoms with Crippen LogP contribution in [-0.4, -0.2) is 28.6 Å². The van der Waals surface area contributed by atoms with E-state index in [-0.39, 0.29) is 17.2 Å². The van der Waals surface area contributed by atoms with Crippen LogP contribution in [0.5, 0.6) is 0 Å². The molecule has 0 N–H and O–H groups in total. The zero-order valence-electron chi connectivity index (χ0n) is 11.3. The van der Waals surface area contributed by atoms with Crippen molar-refractivity contribution in [3.8, 4) is 0 Å². The molecule has 0 aliphatic carbocycles. The highest BCUT2D eigenvalue weighted by atomic mass is 79.9. The van der Waals surface area contributed by atoms with Crippen molar-refractivity contribution in [2.75, 3.05) is 11.9 Å². The smallest absolute Gasteiger partial charge is 0.261 e. The third-order valence-electron chi connectivity index (χ3n) is 3.66. The Hall–Kier alpha value is -1.16. The lowest BCUT2D eigenvalue weighted by Gasteiger charge is -2.26. The van der Waals surface area contributed by atoms with Crippen molar-refractivity contribution in [3.05, 3.63) is 35.4 Å². The molecule has 1 aromatic rings. The van der Waals surface area contributed by atoms with Gasteiger partial charge in [0.2, 0.25) is 0 Å². The van der Waals surface area contributed by atoms with E-state index in [4.69, 9.17) is 0 Å². The van der Waals surface area contributed by atoms with E-state index >= 15 is 0 Å². The number of alkyl halides is 1. The number of hydrogen-bond acceptors (Lipinski definition) is 2. The van der Waals surface area contributed by atoms with Crippen molar-refractivity contribution >= 4 is 27.7 Å². The van der Waals surface area contributed by atoms with Gasteiger partial charge in [-0.05, 0) is 30.4 Å². The number of fused-ring (bicyclic) bond motifs is 1. The van der Waals surface area contributed by atoms with Crippen LogP contribution in [0.15, 0.2) is 24.3 Å². The van der Waals surface area contributed by atoms with E-state index < -0.39 is 0 Å². The summed E-state index contributed by atoms with van der Waals surface area (Å²) in [6, 6.07) is 7.03. The van der Waals surface area contributed by atoms with Crippen LogP contribution in [0, 0.1) is 5.41 Å². The lowest BCUT2D eigenvalue weighted by atomic mass is 9.86. The van der Waals surface area contributed by atoms with Crippen molar-refractivity contribution in [2.45, 2.75) is 26.7 Å². The summed E-state index contributed by atoms with van der Waals surface area (Å²) in [6.45, 7) is 4.81. The van der Waals surface area contributed by atoms with Gasteiger partial charge in [-0.25, -0.2) is 0 Å². The monoisotopic (exact) mass is 323 g/mol. The summed E-state index contributed by atoms with van der Waals surface area (Å²) >= 11 is 3.44. The number of nitrogens with zero attached hydrogens (tertiary/aromatic N) is 1. The van der Waals surface area contributed by atoms with Crippen LogP contribution in [0.3, 0.4) is 0 Å². The standard InChI is InChI=1S/C15H18BrNO2/c1-15(2,7-9-16)8-10-17-13(18)11-5-3-4-6-12(11)14(17)19/h3-6H,7-10H2,1-2H3. The molecule has 1 heterocycles. The highest BCUT2D eigenvalue weighted by molar-refractivity contribution is 9.09. The molecule has 0 saturated heterocycles. The molecule has 0 radical (unpaired) electrons. The lowest BCUT2D eigenvalue weighted by Crippen LogP contribution is -2.33. The maximum atomic E-state index is 12.2. The molecule has 0 unspecified atom stereocenters. The normalized spacial score (nSPS) is 15.0. The van der Waals surface area contributed by atoms with E-state index in [0.29, 0.717) is 17.7 Å². The Morgan fingerprint density at radius 2 is 1.58 bits per heavy atom. The molecule has 19 heavy (non-hydrogen) atoms. The van der Waals surface area contributed by atoms with Gasteiger partial charge < -0.3 is 0 Å². The number of carbonyl (C=O) groups excluding carboxylic acids is 2. The zero-order valence-corrected chi connectivity index (χ0v) is 12.9. The first-order chi connectivity index (χ1) is 8.96. The topological polar surface area (TPSA) is 37.4 Å². The van der Waals surface area contributed by atoms with Gasteiger partial charge in [-0.3, -0.25) is 14.5 Å². The molecule has 1 aromatic carbocycles. The first kappa shape index (κ1) is 14.3. The molecule has 0 aromatic heterocycles. The molecule has 1 aliphatic rings. The fourth-order valence-corrected chi connectivity index (χ4v) is 3.31. The number of rotatable bonds is 5. The predicted molar refractivity (Wildman–Crippen MR) is 78.6 cm³/mol. The van der Waals surface area contributed by atoms with Gasteiger partial charge in [-0.2, -0.15) is 0 Å². The second kappa shape index (κ2) is 5.45. The maximum absolute atomic E-state index is 12.2. The van der Waals surface area contributed by atoms with Crippen LogP contribution in [0.2, 0.25) is 0 Å². The molecule has 0 saturated carbocycles. The van der Waals surface area contributed by atoms with Crippen LogP contribution < -0.4 is 0 Å². The Kier molecular flexibility index (Phi) is 4.09. The van der Waals surface area contributed by atoms with E-state index in [0.717, 1.165) is 18.2 Å². The van der Waals surface area contributed by atoms with E-state index in [1.165, 1.54) is 4.90 Å². The Morgan fingerprint density at radius 3 is 2.05 bits per heavy atom. The fraction of sp³-hybridized carbons (Fsp3) is 0.467. The Morgan fingerprint density at radius 1 is 1.05 bits per heavy atom. The van der Waals surface area contributed by atoms with E-state index in [1.54, 1.807) is 24.3 Å². The average molecular weight is 324 g/mol. The van der Waals surface area contributed by atoms with Crippen molar-refractivity contribution in [2.24, 2.45) is 5.41 Å².